The van der Waals surface area contributed by atoms with E-state index in [1.54, 1.807) is 21.3 Å². The maximum absolute atomic E-state index is 7.17. The monoisotopic (exact) mass is 664 g/mol. The Morgan fingerprint density at radius 1 is 0.694 bits per heavy atom. The number of rotatable bonds is 6. The number of hydrogen-bond donors (Lipinski definition) is 0. The summed E-state index contributed by atoms with van der Waals surface area (Å²) in [7, 11) is 9.50. The van der Waals surface area contributed by atoms with Crippen LogP contribution in [0.2, 0.25) is 0 Å². The van der Waals surface area contributed by atoms with Crippen LogP contribution in [0.5, 0.6) is 46.0 Å². The fourth-order valence-corrected chi connectivity index (χ4v) is 7.47. The van der Waals surface area contributed by atoms with Crippen molar-refractivity contribution in [2.75, 3.05) is 55.1 Å². The van der Waals surface area contributed by atoms with Gasteiger partial charge in [-0.2, -0.15) is 0 Å². The molecule has 4 aromatic carbocycles. The summed E-state index contributed by atoms with van der Waals surface area (Å²) in [5.41, 5.74) is 7.20. The van der Waals surface area contributed by atoms with Crippen LogP contribution in [0.3, 0.4) is 0 Å². The summed E-state index contributed by atoms with van der Waals surface area (Å²) in [6.07, 6.45) is 3.37. The number of ether oxygens (including phenoxy) is 6. The van der Waals surface area contributed by atoms with Crippen LogP contribution >= 0.6 is 0 Å². The highest BCUT2D eigenvalue weighted by molar-refractivity contribution is 5.64. The van der Waals surface area contributed by atoms with E-state index >= 15 is 0 Å². The molecule has 4 heterocycles. The van der Waals surface area contributed by atoms with Crippen molar-refractivity contribution in [1.82, 2.24) is 9.80 Å². The third-order valence-electron chi connectivity index (χ3n) is 10.2. The number of fused-ring (bicyclic) bond motifs is 2. The third kappa shape index (κ3) is 6.52. The fraction of sp³-hybridized carbons (Fsp3) is 0.415. The maximum atomic E-state index is 7.17. The highest BCUT2D eigenvalue weighted by atomic mass is 16.6. The highest BCUT2D eigenvalue weighted by Gasteiger charge is 2.35. The summed E-state index contributed by atoms with van der Waals surface area (Å²) in [6, 6.07) is 21.3. The Morgan fingerprint density at radius 2 is 1.33 bits per heavy atom. The molecule has 0 aliphatic carbocycles. The fourth-order valence-electron chi connectivity index (χ4n) is 7.47. The van der Waals surface area contributed by atoms with Crippen LogP contribution < -0.4 is 28.4 Å². The molecule has 8 heteroatoms. The van der Waals surface area contributed by atoms with Crippen molar-refractivity contribution < 1.29 is 28.4 Å². The van der Waals surface area contributed by atoms with E-state index in [9.17, 15) is 0 Å². The van der Waals surface area contributed by atoms with Gasteiger partial charge in [0.15, 0.2) is 34.5 Å². The summed E-state index contributed by atoms with van der Waals surface area (Å²) < 4.78 is 38.1. The lowest BCUT2D eigenvalue weighted by Gasteiger charge is -2.37. The van der Waals surface area contributed by atoms with Crippen molar-refractivity contribution in [3.8, 4) is 46.0 Å². The lowest BCUT2D eigenvalue weighted by Crippen LogP contribution is -2.34. The van der Waals surface area contributed by atoms with Crippen LogP contribution in [0.15, 0.2) is 60.7 Å². The second-order valence-electron chi connectivity index (χ2n) is 14.0. The molecule has 49 heavy (non-hydrogen) atoms. The molecule has 0 spiro atoms. The molecule has 8 nitrogen and oxygen atoms in total. The summed E-state index contributed by atoms with van der Waals surface area (Å²) in [5.74, 6) is 5.85. The lowest BCUT2D eigenvalue weighted by molar-refractivity contribution is 0.213. The van der Waals surface area contributed by atoms with E-state index in [0.29, 0.717) is 52.8 Å². The predicted molar refractivity (Wildman–Crippen MR) is 191 cm³/mol. The van der Waals surface area contributed by atoms with Crippen molar-refractivity contribution in [3.63, 3.8) is 0 Å². The van der Waals surface area contributed by atoms with Gasteiger partial charge in [-0.3, -0.25) is 9.80 Å². The molecule has 258 valence electrons. The zero-order chi connectivity index (χ0) is 34.2. The zero-order valence-electron chi connectivity index (χ0n) is 29.8. The highest BCUT2D eigenvalue weighted by Crippen LogP contribution is 2.52. The van der Waals surface area contributed by atoms with Gasteiger partial charge in [-0.15, -0.1) is 0 Å². The van der Waals surface area contributed by atoms with Crippen LogP contribution in [-0.2, 0) is 25.7 Å². The van der Waals surface area contributed by atoms with Crippen LogP contribution in [0.4, 0.5) is 0 Å². The van der Waals surface area contributed by atoms with Gasteiger partial charge in [0.1, 0.15) is 5.75 Å². The summed E-state index contributed by atoms with van der Waals surface area (Å²) >= 11 is 0. The molecule has 6 bridgehead atoms. The molecule has 0 radical (unpaired) electrons. The molecule has 0 N–H and O–H groups in total. The molecule has 8 rings (SSSR count). The van der Waals surface area contributed by atoms with Crippen LogP contribution in [0.25, 0.3) is 0 Å². The van der Waals surface area contributed by atoms with Crippen LogP contribution in [0.1, 0.15) is 59.3 Å². The van der Waals surface area contributed by atoms with Gasteiger partial charge in [0.25, 0.3) is 0 Å². The SMILES string of the molecule is COc1ccc2cc1Oc1ccc(cc1)C[C@H]1c3cc(c(OC)cc3CCN1C)Oc1c(OCC(C)C)c(OC)cc3c1[C@H](C2)N(C)CC3. The molecule has 0 fully saturated rings. The van der Waals surface area contributed by atoms with E-state index in [-0.39, 0.29) is 12.1 Å². The zero-order valence-corrected chi connectivity index (χ0v) is 29.8. The van der Waals surface area contributed by atoms with Gasteiger partial charge in [-0.1, -0.05) is 32.0 Å². The molecule has 0 aromatic heterocycles. The summed E-state index contributed by atoms with van der Waals surface area (Å²) in [5, 5.41) is 0. The minimum Gasteiger partial charge on any atom is -0.493 e. The van der Waals surface area contributed by atoms with Crippen molar-refractivity contribution in [1.29, 1.82) is 0 Å². The van der Waals surface area contributed by atoms with Gasteiger partial charge in [0.05, 0.1) is 27.9 Å². The summed E-state index contributed by atoms with van der Waals surface area (Å²) in [6.45, 7) is 6.68. The first-order chi connectivity index (χ1) is 23.8. The van der Waals surface area contributed by atoms with Gasteiger partial charge in [-0.05, 0) is 116 Å². The third-order valence-corrected chi connectivity index (χ3v) is 10.2. The van der Waals surface area contributed by atoms with Crippen molar-refractivity contribution in [2.24, 2.45) is 5.92 Å². The first kappa shape index (κ1) is 33.1. The Bertz CT molecular complexity index is 1820. The normalized spacial score (nSPS) is 18.9. The molecule has 0 unspecified atom stereocenters. The van der Waals surface area contributed by atoms with Gasteiger partial charge >= 0.3 is 0 Å². The molecular formula is C41H48N2O6. The van der Waals surface area contributed by atoms with Crippen molar-refractivity contribution in [3.05, 3.63) is 94.0 Å². The molecule has 0 amide bonds. The number of hydrogen-bond acceptors (Lipinski definition) is 8. The first-order valence-corrected chi connectivity index (χ1v) is 17.4. The van der Waals surface area contributed by atoms with E-state index in [2.05, 4.69) is 92.3 Å². The van der Waals surface area contributed by atoms with Gasteiger partial charge in [0, 0.05) is 30.7 Å². The number of nitrogens with zero attached hydrogens (tertiary/aromatic N) is 2. The van der Waals surface area contributed by atoms with E-state index in [1.807, 2.05) is 6.07 Å². The average molecular weight is 665 g/mol. The smallest absolute Gasteiger partial charge is 0.204 e. The largest absolute Gasteiger partial charge is 0.493 e. The van der Waals surface area contributed by atoms with Crippen molar-refractivity contribution in [2.45, 2.75) is 51.6 Å². The lowest BCUT2D eigenvalue weighted by atomic mass is 9.87. The maximum Gasteiger partial charge on any atom is 0.204 e. The van der Waals surface area contributed by atoms with Crippen molar-refractivity contribution >= 4 is 0 Å². The molecule has 0 saturated carbocycles. The number of methoxy groups -OCH3 is 3. The van der Waals surface area contributed by atoms with Crippen LogP contribution in [-0.4, -0.2) is 64.9 Å². The molecular weight excluding hydrogens is 616 g/mol. The first-order valence-electron chi connectivity index (χ1n) is 17.4. The average Bonchev–Trinajstić information content (AvgIpc) is 3.10. The Morgan fingerprint density at radius 3 is 2.04 bits per heavy atom. The summed E-state index contributed by atoms with van der Waals surface area (Å²) in [4.78, 5) is 4.85. The van der Waals surface area contributed by atoms with E-state index in [0.717, 1.165) is 55.6 Å². The second-order valence-corrected chi connectivity index (χ2v) is 14.0. The van der Waals surface area contributed by atoms with Gasteiger partial charge < -0.3 is 28.4 Å². The second kappa shape index (κ2) is 13.8. The minimum atomic E-state index is -0.00651. The molecule has 4 aliphatic heterocycles. The number of likely N-dealkylation sites (N-methyl/N-ethyl adjacent to an activating group) is 2. The number of benzene rings is 4. The topological polar surface area (TPSA) is 61.9 Å². The van der Waals surface area contributed by atoms with Gasteiger partial charge in [0.2, 0.25) is 5.75 Å². The standard InChI is InChI=1S/C41H48N2O6/c1-25(2)24-47-40-38(46-7)22-29-15-17-43(4)33-19-27-10-13-34(44-5)36(20-27)48-30-11-8-26(9-12-30)18-32-31-23-37(49-41(40)39(29)33)35(45-6)21-28(31)14-16-42(32)3/h8-13,20-23,25,32-33H,14-19,24H2,1-7H3/t32-,33-/m0/s1. The van der Waals surface area contributed by atoms with Crippen LogP contribution in [0, 0.1) is 5.92 Å². The Balaban J connectivity index is 1.47. The van der Waals surface area contributed by atoms with E-state index in [1.165, 1.54) is 22.3 Å². The van der Waals surface area contributed by atoms with E-state index in [4.69, 9.17) is 28.4 Å². The molecule has 0 saturated heterocycles. The predicted octanol–water partition coefficient (Wildman–Crippen LogP) is 8.19. The Hall–Kier alpha value is -4.40. The minimum absolute atomic E-state index is 0.00651. The Kier molecular flexibility index (Phi) is 9.36. The molecule has 2 atom stereocenters. The van der Waals surface area contributed by atoms with Gasteiger partial charge in [-0.25, -0.2) is 0 Å². The van der Waals surface area contributed by atoms with E-state index < -0.39 is 0 Å². The Labute approximate surface area is 290 Å². The quantitative estimate of drug-likeness (QED) is 0.205. The molecule has 4 aromatic rings. The molecule has 4 aliphatic rings.